The van der Waals surface area contributed by atoms with Crippen LogP contribution < -0.4 is 5.32 Å². The second-order valence-corrected chi connectivity index (χ2v) is 7.07. The van der Waals surface area contributed by atoms with Crippen LogP contribution in [0.5, 0.6) is 0 Å². The summed E-state index contributed by atoms with van der Waals surface area (Å²) in [6, 6.07) is 4.11. The quantitative estimate of drug-likeness (QED) is 0.897. The Labute approximate surface area is 135 Å². The van der Waals surface area contributed by atoms with Gasteiger partial charge >= 0.3 is 0 Å². The molecule has 0 saturated carbocycles. The highest BCUT2D eigenvalue weighted by Gasteiger charge is 2.45. The molecule has 0 aliphatic carbocycles. The van der Waals surface area contributed by atoms with Crippen molar-refractivity contribution in [2.45, 2.75) is 78.2 Å². The molecule has 0 bridgehead atoms. The van der Waals surface area contributed by atoms with Crippen LogP contribution in [0.1, 0.15) is 63.8 Å². The summed E-state index contributed by atoms with van der Waals surface area (Å²) < 4.78 is 5.94. The lowest BCUT2D eigenvalue weighted by Gasteiger charge is -2.46. The van der Waals surface area contributed by atoms with Crippen molar-refractivity contribution in [3.05, 3.63) is 34.4 Å². The molecule has 0 amide bonds. The molecular weight excluding hydrogens is 274 g/mol. The average Bonchev–Trinajstić information content (AvgIpc) is 2.49. The van der Waals surface area contributed by atoms with Crippen LogP contribution in [0, 0.1) is 0 Å². The zero-order valence-corrected chi connectivity index (χ0v) is 14.9. The molecule has 1 aromatic rings. The summed E-state index contributed by atoms with van der Waals surface area (Å²) in [5, 5.41) is 14.6. The molecule has 1 heterocycles. The van der Waals surface area contributed by atoms with Crippen molar-refractivity contribution in [2.75, 3.05) is 6.61 Å². The van der Waals surface area contributed by atoms with Crippen molar-refractivity contribution in [1.82, 2.24) is 5.32 Å². The van der Waals surface area contributed by atoms with Crippen LogP contribution in [0.15, 0.2) is 12.1 Å². The standard InChI is InChI=1S/C19H31NO2/c1-7-14-10-16(11-15(8-2)17(14)9-3)19(21)13(4)20-18(5,6)12-22-19/h10-11,13,20-21H,7-9,12H2,1-6H3. The predicted octanol–water partition coefficient (Wildman–Crippen LogP) is 3.31. The Morgan fingerprint density at radius 3 is 2.09 bits per heavy atom. The smallest absolute Gasteiger partial charge is 0.208 e. The van der Waals surface area contributed by atoms with Crippen molar-refractivity contribution in [3.8, 4) is 0 Å². The molecule has 22 heavy (non-hydrogen) atoms. The molecule has 2 unspecified atom stereocenters. The summed E-state index contributed by atoms with van der Waals surface area (Å²) in [6.07, 6.45) is 2.99. The van der Waals surface area contributed by atoms with Gasteiger partial charge in [-0.1, -0.05) is 32.9 Å². The van der Waals surface area contributed by atoms with Gasteiger partial charge in [0.2, 0.25) is 5.79 Å². The third kappa shape index (κ3) is 3.08. The Morgan fingerprint density at radius 2 is 1.68 bits per heavy atom. The van der Waals surface area contributed by atoms with Crippen LogP contribution in [-0.2, 0) is 29.8 Å². The van der Waals surface area contributed by atoms with E-state index in [4.69, 9.17) is 4.74 Å². The van der Waals surface area contributed by atoms with Crippen LogP contribution in [0.2, 0.25) is 0 Å². The number of ether oxygens (including phenoxy) is 1. The van der Waals surface area contributed by atoms with Crippen molar-refractivity contribution in [1.29, 1.82) is 0 Å². The van der Waals surface area contributed by atoms with E-state index in [1.165, 1.54) is 16.7 Å². The maximum absolute atomic E-state index is 11.2. The maximum Gasteiger partial charge on any atom is 0.208 e. The minimum absolute atomic E-state index is 0.115. The van der Waals surface area contributed by atoms with Crippen molar-refractivity contribution in [3.63, 3.8) is 0 Å². The van der Waals surface area contributed by atoms with E-state index in [9.17, 15) is 5.11 Å². The molecule has 1 saturated heterocycles. The van der Waals surface area contributed by atoms with Gasteiger partial charge in [0.15, 0.2) is 0 Å². The fraction of sp³-hybridized carbons (Fsp3) is 0.684. The normalized spacial score (nSPS) is 27.9. The highest BCUT2D eigenvalue weighted by atomic mass is 16.6. The summed E-state index contributed by atoms with van der Waals surface area (Å²) in [6.45, 7) is 13.2. The number of aryl methyl sites for hydroxylation is 2. The molecule has 1 aliphatic heterocycles. The maximum atomic E-state index is 11.2. The summed E-state index contributed by atoms with van der Waals surface area (Å²) in [5.74, 6) is -1.25. The minimum Gasteiger partial charge on any atom is -0.361 e. The number of rotatable bonds is 4. The van der Waals surface area contributed by atoms with Gasteiger partial charge in [-0.25, -0.2) is 0 Å². The third-order valence-corrected chi connectivity index (χ3v) is 4.81. The Kier molecular flexibility index (Phi) is 5.00. The molecule has 2 N–H and O–H groups in total. The van der Waals surface area contributed by atoms with Gasteiger partial charge in [-0.15, -0.1) is 0 Å². The fourth-order valence-electron chi connectivity index (χ4n) is 3.56. The second-order valence-electron chi connectivity index (χ2n) is 7.07. The Bertz CT molecular complexity index is 513. The van der Waals surface area contributed by atoms with E-state index in [1.54, 1.807) is 0 Å². The van der Waals surface area contributed by atoms with Gasteiger partial charge in [-0.05, 0) is 56.7 Å². The third-order valence-electron chi connectivity index (χ3n) is 4.81. The van der Waals surface area contributed by atoms with Gasteiger partial charge in [0.1, 0.15) is 0 Å². The monoisotopic (exact) mass is 305 g/mol. The Morgan fingerprint density at radius 1 is 1.14 bits per heavy atom. The number of hydrogen-bond acceptors (Lipinski definition) is 3. The summed E-state index contributed by atoms with van der Waals surface area (Å²) in [5.41, 5.74) is 4.84. The first-order chi connectivity index (χ1) is 10.3. The average molecular weight is 305 g/mol. The molecule has 1 fully saturated rings. The zero-order chi connectivity index (χ0) is 16.5. The van der Waals surface area contributed by atoms with E-state index in [-0.39, 0.29) is 11.6 Å². The molecule has 1 aromatic carbocycles. The number of morpholine rings is 1. The molecule has 0 aromatic heterocycles. The number of nitrogens with one attached hydrogen (secondary N) is 1. The molecule has 1 aliphatic rings. The first-order valence-electron chi connectivity index (χ1n) is 8.56. The van der Waals surface area contributed by atoms with E-state index < -0.39 is 5.79 Å². The van der Waals surface area contributed by atoms with E-state index in [0.717, 1.165) is 24.8 Å². The van der Waals surface area contributed by atoms with E-state index in [2.05, 4.69) is 52.1 Å². The molecule has 2 rings (SSSR count). The molecule has 3 nitrogen and oxygen atoms in total. The van der Waals surface area contributed by atoms with Crippen LogP contribution in [0.3, 0.4) is 0 Å². The van der Waals surface area contributed by atoms with Gasteiger partial charge in [0.25, 0.3) is 0 Å². The highest BCUT2D eigenvalue weighted by molar-refractivity contribution is 5.42. The first kappa shape index (κ1) is 17.5. The van der Waals surface area contributed by atoms with Crippen molar-refractivity contribution < 1.29 is 9.84 Å². The second kappa shape index (κ2) is 6.31. The molecule has 0 radical (unpaired) electrons. The van der Waals surface area contributed by atoms with Crippen molar-refractivity contribution in [2.24, 2.45) is 0 Å². The first-order valence-corrected chi connectivity index (χ1v) is 8.56. The van der Waals surface area contributed by atoms with E-state index >= 15 is 0 Å². The zero-order valence-electron chi connectivity index (χ0n) is 14.9. The molecule has 3 heteroatoms. The van der Waals surface area contributed by atoms with E-state index in [0.29, 0.717) is 6.61 Å². The lowest BCUT2D eigenvalue weighted by atomic mass is 9.86. The molecule has 2 atom stereocenters. The summed E-state index contributed by atoms with van der Waals surface area (Å²) >= 11 is 0. The van der Waals surface area contributed by atoms with Gasteiger partial charge in [0, 0.05) is 11.1 Å². The summed E-state index contributed by atoms with van der Waals surface area (Å²) in [7, 11) is 0. The molecular formula is C19H31NO2. The van der Waals surface area contributed by atoms with Crippen LogP contribution in [0.25, 0.3) is 0 Å². The molecule has 124 valence electrons. The topological polar surface area (TPSA) is 41.5 Å². The lowest BCUT2D eigenvalue weighted by molar-refractivity contribution is -0.263. The predicted molar refractivity (Wildman–Crippen MR) is 91.1 cm³/mol. The van der Waals surface area contributed by atoms with Gasteiger partial charge in [-0.2, -0.15) is 0 Å². The van der Waals surface area contributed by atoms with Gasteiger partial charge < -0.3 is 15.2 Å². The fourth-order valence-corrected chi connectivity index (χ4v) is 3.56. The van der Waals surface area contributed by atoms with Gasteiger partial charge in [-0.3, -0.25) is 0 Å². The summed E-state index contributed by atoms with van der Waals surface area (Å²) in [4.78, 5) is 0. The van der Waals surface area contributed by atoms with Crippen LogP contribution in [0.4, 0.5) is 0 Å². The SMILES string of the molecule is CCc1cc(C2(O)OCC(C)(C)NC2C)cc(CC)c1CC. The largest absolute Gasteiger partial charge is 0.361 e. The number of hydrogen-bond donors (Lipinski definition) is 2. The Balaban J connectivity index is 2.48. The van der Waals surface area contributed by atoms with Gasteiger partial charge in [0.05, 0.1) is 12.6 Å². The minimum atomic E-state index is -1.25. The molecule has 0 spiro atoms. The van der Waals surface area contributed by atoms with Crippen molar-refractivity contribution >= 4 is 0 Å². The van der Waals surface area contributed by atoms with Crippen LogP contribution >= 0.6 is 0 Å². The lowest BCUT2D eigenvalue weighted by Crippen LogP contribution is -2.63. The Hall–Kier alpha value is -0.900. The highest BCUT2D eigenvalue weighted by Crippen LogP contribution is 2.35. The number of benzene rings is 1. The van der Waals surface area contributed by atoms with E-state index in [1.807, 2.05) is 6.92 Å². The number of aliphatic hydroxyl groups is 1. The van der Waals surface area contributed by atoms with Crippen LogP contribution in [-0.4, -0.2) is 23.3 Å².